The molecule has 2 N–H and O–H groups in total. The summed E-state index contributed by atoms with van der Waals surface area (Å²) in [4.78, 5) is 26.9. The number of carbonyl (C=O) groups excluding carboxylic acids is 2. The number of aromatic nitrogens is 1. The van der Waals surface area contributed by atoms with Gasteiger partial charge in [-0.05, 0) is 41.9 Å². The summed E-state index contributed by atoms with van der Waals surface area (Å²) in [6.45, 7) is 3.67. The van der Waals surface area contributed by atoms with E-state index in [1.165, 1.54) is 0 Å². The molecule has 6 heteroatoms. The Morgan fingerprint density at radius 3 is 2.76 bits per heavy atom. The van der Waals surface area contributed by atoms with Crippen LogP contribution in [-0.2, 0) is 4.79 Å². The Kier molecular flexibility index (Phi) is 5.09. The van der Waals surface area contributed by atoms with Gasteiger partial charge in [0.2, 0.25) is 5.91 Å². The summed E-state index contributed by atoms with van der Waals surface area (Å²) in [6.07, 6.45) is 1.58. The Hall–Kier alpha value is -1.43. The van der Waals surface area contributed by atoms with Crippen molar-refractivity contribution in [1.82, 2.24) is 15.6 Å². The van der Waals surface area contributed by atoms with Gasteiger partial charge in [0.1, 0.15) is 4.60 Å². The second kappa shape index (κ2) is 6.34. The lowest BCUT2D eigenvalue weighted by molar-refractivity contribution is -0.120. The number of halogens is 1. The Morgan fingerprint density at radius 2 is 2.18 bits per heavy atom. The lowest BCUT2D eigenvalue weighted by Crippen LogP contribution is -2.39. The number of hydrogen-bond acceptors (Lipinski definition) is 3. The minimum Gasteiger partial charge on any atom is -0.352 e. The summed E-state index contributed by atoms with van der Waals surface area (Å²) in [5.41, 5.74) is 0.407. The number of pyridine rings is 1. The predicted octanol–water partition coefficient (Wildman–Crippen LogP) is 1.10. The molecule has 0 atom stereocenters. The molecule has 1 heterocycles. The van der Waals surface area contributed by atoms with Crippen molar-refractivity contribution < 1.29 is 9.59 Å². The first-order valence-corrected chi connectivity index (χ1v) is 5.98. The molecule has 0 aliphatic carbocycles. The van der Waals surface area contributed by atoms with Crippen molar-refractivity contribution in [2.24, 2.45) is 0 Å². The van der Waals surface area contributed by atoms with Crippen LogP contribution in [0.25, 0.3) is 0 Å². The van der Waals surface area contributed by atoms with E-state index in [1.807, 2.05) is 13.8 Å². The molecule has 0 saturated heterocycles. The van der Waals surface area contributed by atoms with Crippen molar-refractivity contribution in [2.45, 2.75) is 19.9 Å². The molecular formula is C11H14BrN3O2. The Morgan fingerprint density at radius 1 is 1.47 bits per heavy atom. The molecule has 1 aromatic heterocycles. The topological polar surface area (TPSA) is 71.1 Å². The Balaban J connectivity index is 2.51. The van der Waals surface area contributed by atoms with Crippen LogP contribution in [0, 0.1) is 0 Å². The monoisotopic (exact) mass is 299 g/mol. The van der Waals surface area contributed by atoms with E-state index in [4.69, 9.17) is 0 Å². The van der Waals surface area contributed by atoms with Crippen molar-refractivity contribution in [1.29, 1.82) is 0 Å². The van der Waals surface area contributed by atoms with Crippen LogP contribution in [0.5, 0.6) is 0 Å². The van der Waals surface area contributed by atoms with Gasteiger partial charge in [-0.1, -0.05) is 0 Å². The van der Waals surface area contributed by atoms with Gasteiger partial charge < -0.3 is 10.6 Å². The fourth-order valence-electron chi connectivity index (χ4n) is 1.18. The number of amides is 2. The van der Waals surface area contributed by atoms with E-state index >= 15 is 0 Å². The number of nitrogens with one attached hydrogen (secondary N) is 2. The SMILES string of the molecule is CC(C)NC(=O)CNC(=O)c1cccnc1Br. The lowest BCUT2D eigenvalue weighted by Gasteiger charge is -2.09. The summed E-state index contributed by atoms with van der Waals surface area (Å²) in [7, 11) is 0. The molecule has 0 aromatic carbocycles. The molecule has 0 fully saturated rings. The first-order chi connectivity index (χ1) is 8.00. The van der Waals surface area contributed by atoms with Crippen molar-refractivity contribution in [3.63, 3.8) is 0 Å². The molecule has 1 aromatic rings. The van der Waals surface area contributed by atoms with Crippen LogP contribution >= 0.6 is 15.9 Å². The molecule has 92 valence electrons. The molecular weight excluding hydrogens is 286 g/mol. The van der Waals surface area contributed by atoms with Crippen molar-refractivity contribution >= 4 is 27.7 Å². The summed E-state index contributed by atoms with van der Waals surface area (Å²) in [6, 6.07) is 3.35. The van der Waals surface area contributed by atoms with E-state index in [1.54, 1.807) is 18.3 Å². The van der Waals surface area contributed by atoms with Crippen LogP contribution < -0.4 is 10.6 Å². The molecule has 1 rings (SSSR count). The number of hydrogen-bond donors (Lipinski definition) is 2. The zero-order valence-electron chi connectivity index (χ0n) is 9.66. The van der Waals surface area contributed by atoms with Gasteiger partial charge in [-0.3, -0.25) is 9.59 Å². The molecule has 0 spiro atoms. The summed E-state index contributed by atoms with van der Waals surface area (Å²) in [5.74, 6) is -0.544. The van der Waals surface area contributed by atoms with Crippen molar-refractivity contribution in [3.05, 3.63) is 28.5 Å². The molecule has 0 saturated carbocycles. The van der Waals surface area contributed by atoms with Crippen LogP contribution in [0.2, 0.25) is 0 Å². The molecule has 0 unspecified atom stereocenters. The van der Waals surface area contributed by atoms with E-state index in [-0.39, 0.29) is 24.4 Å². The standard InChI is InChI=1S/C11H14BrN3O2/c1-7(2)15-9(16)6-14-11(17)8-4-3-5-13-10(8)12/h3-5,7H,6H2,1-2H3,(H,14,17)(H,15,16). The van der Waals surface area contributed by atoms with E-state index in [9.17, 15) is 9.59 Å². The first-order valence-electron chi connectivity index (χ1n) is 5.18. The third-order valence-electron chi connectivity index (χ3n) is 1.86. The number of carbonyl (C=O) groups is 2. The molecule has 5 nitrogen and oxygen atoms in total. The molecule has 0 aliphatic heterocycles. The Bertz CT molecular complexity index is 421. The van der Waals surface area contributed by atoms with Crippen LogP contribution in [-0.4, -0.2) is 29.4 Å². The van der Waals surface area contributed by atoms with Crippen LogP contribution in [0.1, 0.15) is 24.2 Å². The van der Waals surface area contributed by atoms with Gasteiger partial charge in [0.25, 0.3) is 5.91 Å². The van der Waals surface area contributed by atoms with Gasteiger partial charge >= 0.3 is 0 Å². The zero-order chi connectivity index (χ0) is 12.8. The first kappa shape index (κ1) is 13.6. The van der Waals surface area contributed by atoms with Crippen LogP contribution in [0.15, 0.2) is 22.9 Å². The molecule has 0 radical (unpaired) electrons. The molecule has 17 heavy (non-hydrogen) atoms. The van der Waals surface area contributed by atoms with Gasteiger partial charge in [0.05, 0.1) is 12.1 Å². The average Bonchev–Trinajstić information content (AvgIpc) is 2.25. The highest BCUT2D eigenvalue weighted by Gasteiger charge is 2.11. The zero-order valence-corrected chi connectivity index (χ0v) is 11.2. The quantitative estimate of drug-likeness (QED) is 0.818. The second-order valence-corrected chi connectivity index (χ2v) is 4.50. The smallest absolute Gasteiger partial charge is 0.254 e. The van der Waals surface area contributed by atoms with Crippen LogP contribution in [0.4, 0.5) is 0 Å². The van der Waals surface area contributed by atoms with E-state index in [0.717, 1.165) is 0 Å². The second-order valence-electron chi connectivity index (χ2n) is 3.75. The van der Waals surface area contributed by atoms with E-state index in [2.05, 4.69) is 31.5 Å². The fraction of sp³-hybridized carbons (Fsp3) is 0.364. The van der Waals surface area contributed by atoms with Crippen LogP contribution in [0.3, 0.4) is 0 Å². The van der Waals surface area contributed by atoms with Gasteiger partial charge in [-0.25, -0.2) is 4.98 Å². The third kappa shape index (κ3) is 4.52. The maximum absolute atomic E-state index is 11.7. The minimum absolute atomic E-state index is 0.0433. The highest BCUT2D eigenvalue weighted by atomic mass is 79.9. The van der Waals surface area contributed by atoms with Gasteiger partial charge in [-0.15, -0.1) is 0 Å². The van der Waals surface area contributed by atoms with E-state index in [0.29, 0.717) is 10.2 Å². The van der Waals surface area contributed by atoms with Crippen molar-refractivity contribution in [3.8, 4) is 0 Å². The average molecular weight is 300 g/mol. The lowest BCUT2D eigenvalue weighted by atomic mass is 10.2. The predicted molar refractivity (Wildman–Crippen MR) is 67.5 cm³/mol. The largest absolute Gasteiger partial charge is 0.352 e. The number of rotatable bonds is 4. The maximum atomic E-state index is 11.7. The van der Waals surface area contributed by atoms with Gasteiger partial charge in [-0.2, -0.15) is 0 Å². The van der Waals surface area contributed by atoms with E-state index < -0.39 is 0 Å². The highest BCUT2D eigenvalue weighted by molar-refractivity contribution is 9.10. The Labute approximate surface area is 108 Å². The van der Waals surface area contributed by atoms with Gasteiger partial charge in [0, 0.05) is 12.2 Å². The summed E-state index contributed by atoms with van der Waals surface area (Å²) in [5, 5.41) is 5.21. The summed E-state index contributed by atoms with van der Waals surface area (Å²) < 4.78 is 0.460. The summed E-state index contributed by atoms with van der Waals surface area (Å²) >= 11 is 3.17. The highest BCUT2D eigenvalue weighted by Crippen LogP contribution is 2.11. The molecule has 2 amide bonds. The molecule has 0 aliphatic rings. The molecule has 0 bridgehead atoms. The van der Waals surface area contributed by atoms with Crippen molar-refractivity contribution in [2.75, 3.05) is 6.54 Å². The fourth-order valence-corrected chi connectivity index (χ4v) is 1.61. The normalized spacial score (nSPS) is 10.1. The number of nitrogens with zero attached hydrogens (tertiary/aromatic N) is 1. The minimum atomic E-state index is -0.330. The van der Waals surface area contributed by atoms with Gasteiger partial charge in [0.15, 0.2) is 0 Å². The third-order valence-corrected chi connectivity index (χ3v) is 2.49. The maximum Gasteiger partial charge on any atom is 0.254 e.